The van der Waals surface area contributed by atoms with Crippen molar-refractivity contribution in [2.75, 3.05) is 32.7 Å². The molecule has 1 atom stereocenters. The number of hydrogen-bond donors (Lipinski definition) is 0. The molecule has 0 bridgehead atoms. The predicted molar refractivity (Wildman–Crippen MR) is 88.8 cm³/mol. The first-order valence-corrected chi connectivity index (χ1v) is 8.57. The third-order valence-electron chi connectivity index (χ3n) is 4.89. The number of halogens is 1. The van der Waals surface area contributed by atoms with Gasteiger partial charge < -0.3 is 14.7 Å². The Bertz CT molecular complexity index is 694. The van der Waals surface area contributed by atoms with Gasteiger partial charge in [0.2, 0.25) is 17.7 Å². The van der Waals surface area contributed by atoms with Crippen LogP contribution in [0, 0.1) is 11.7 Å². The molecule has 2 aliphatic heterocycles. The van der Waals surface area contributed by atoms with Gasteiger partial charge in [-0.1, -0.05) is 18.2 Å². The lowest BCUT2D eigenvalue weighted by Gasteiger charge is -2.35. The maximum absolute atomic E-state index is 13.7. The highest BCUT2D eigenvalue weighted by Gasteiger charge is 2.38. The van der Waals surface area contributed by atoms with Crippen molar-refractivity contribution in [3.63, 3.8) is 0 Å². The minimum atomic E-state index is -0.363. The summed E-state index contributed by atoms with van der Waals surface area (Å²) in [6, 6.07) is 6.37. The second-order valence-electron chi connectivity index (χ2n) is 6.50. The largest absolute Gasteiger partial charge is 0.342 e. The Balaban J connectivity index is 1.58. The minimum absolute atomic E-state index is 0.00892. The number of piperazine rings is 1. The van der Waals surface area contributed by atoms with E-state index in [1.165, 1.54) is 11.0 Å². The van der Waals surface area contributed by atoms with Crippen LogP contribution in [0.15, 0.2) is 24.3 Å². The highest BCUT2D eigenvalue weighted by atomic mass is 19.1. The van der Waals surface area contributed by atoms with Crippen LogP contribution in [0.25, 0.3) is 0 Å². The summed E-state index contributed by atoms with van der Waals surface area (Å²) < 4.78 is 13.7. The van der Waals surface area contributed by atoms with E-state index in [0.29, 0.717) is 31.7 Å². The highest BCUT2D eigenvalue weighted by molar-refractivity contribution is 5.92. The van der Waals surface area contributed by atoms with Crippen LogP contribution in [0.3, 0.4) is 0 Å². The monoisotopic (exact) mass is 347 g/mol. The average molecular weight is 347 g/mol. The van der Waals surface area contributed by atoms with Gasteiger partial charge in [0, 0.05) is 44.7 Å². The Morgan fingerprint density at radius 1 is 1.16 bits per heavy atom. The molecule has 25 heavy (non-hydrogen) atoms. The van der Waals surface area contributed by atoms with Crippen LogP contribution in [0.2, 0.25) is 0 Å². The molecule has 1 aromatic rings. The van der Waals surface area contributed by atoms with Crippen LogP contribution in [0.5, 0.6) is 0 Å². The third-order valence-corrected chi connectivity index (χ3v) is 4.89. The number of carbonyl (C=O) groups is 3. The first-order valence-electron chi connectivity index (χ1n) is 8.57. The van der Waals surface area contributed by atoms with E-state index in [0.717, 1.165) is 0 Å². The second kappa shape index (κ2) is 7.21. The first-order chi connectivity index (χ1) is 12.0. The normalized spacial score (nSPS) is 21.2. The van der Waals surface area contributed by atoms with Gasteiger partial charge >= 0.3 is 0 Å². The molecule has 1 aromatic carbocycles. The number of likely N-dealkylation sites (tertiary alicyclic amines) is 1. The fourth-order valence-electron chi connectivity index (χ4n) is 3.40. The molecule has 0 aliphatic carbocycles. The van der Waals surface area contributed by atoms with E-state index in [2.05, 4.69) is 0 Å². The molecule has 0 aromatic heterocycles. The standard InChI is InChI=1S/C18H22FN3O3/c1-2-20-11-14(9-16(20)23)18(25)22-8-7-21(17(24)12-22)10-13-5-3-4-6-15(13)19/h3-6,14H,2,7-12H2,1H3/t14-/m1/s1. The Morgan fingerprint density at radius 3 is 2.56 bits per heavy atom. The molecule has 2 aliphatic rings. The van der Waals surface area contributed by atoms with Crippen molar-refractivity contribution < 1.29 is 18.8 Å². The summed E-state index contributed by atoms with van der Waals surface area (Å²) in [5.41, 5.74) is 0.468. The van der Waals surface area contributed by atoms with E-state index >= 15 is 0 Å². The van der Waals surface area contributed by atoms with E-state index in [4.69, 9.17) is 0 Å². The quantitative estimate of drug-likeness (QED) is 0.812. The average Bonchev–Trinajstić information content (AvgIpc) is 2.98. The lowest BCUT2D eigenvalue weighted by atomic mass is 10.1. The van der Waals surface area contributed by atoms with Crippen LogP contribution >= 0.6 is 0 Å². The lowest BCUT2D eigenvalue weighted by molar-refractivity contribution is -0.147. The molecule has 134 valence electrons. The van der Waals surface area contributed by atoms with Crippen LogP contribution in [0.4, 0.5) is 4.39 Å². The Labute approximate surface area is 146 Å². The number of nitrogens with zero attached hydrogens (tertiary/aromatic N) is 3. The predicted octanol–water partition coefficient (Wildman–Crippen LogP) is 0.865. The van der Waals surface area contributed by atoms with E-state index < -0.39 is 0 Å². The van der Waals surface area contributed by atoms with Gasteiger partial charge in [0.1, 0.15) is 5.82 Å². The summed E-state index contributed by atoms with van der Waals surface area (Å²) in [6.07, 6.45) is 0.219. The van der Waals surface area contributed by atoms with Crippen molar-refractivity contribution in [3.8, 4) is 0 Å². The van der Waals surface area contributed by atoms with Crippen LogP contribution in [-0.2, 0) is 20.9 Å². The molecule has 7 heteroatoms. The topological polar surface area (TPSA) is 60.9 Å². The molecular formula is C18H22FN3O3. The molecule has 3 amide bonds. The van der Waals surface area contributed by atoms with Crippen molar-refractivity contribution >= 4 is 17.7 Å². The Kier molecular flexibility index (Phi) is 5.01. The van der Waals surface area contributed by atoms with Crippen molar-refractivity contribution in [1.82, 2.24) is 14.7 Å². The Hall–Kier alpha value is -2.44. The van der Waals surface area contributed by atoms with Crippen molar-refractivity contribution in [2.45, 2.75) is 19.9 Å². The molecule has 2 heterocycles. The molecule has 0 saturated carbocycles. The summed E-state index contributed by atoms with van der Waals surface area (Å²) in [7, 11) is 0. The molecular weight excluding hydrogens is 325 g/mol. The van der Waals surface area contributed by atoms with E-state index in [-0.39, 0.29) is 49.0 Å². The van der Waals surface area contributed by atoms with Gasteiger partial charge in [-0.15, -0.1) is 0 Å². The highest BCUT2D eigenvalue weighted by Crippen LogP contribution is 2.21. The molecule has 0 unspecified atom stereocenters. The molecule has 2 fully saturated rings. The summed E-state index contributed by atoms with van der Waals surface area (Å²) in [5, 5.41) is 0. The van der Waals surface area contributed by atoms with Crippen LogP contribution in [-0.4, -0.2) is 65.1 Å². The molecule has 0 spiro atoms. The van der Waals surface area contributed by atoms with E-state index in [1.54, 1.807) is 28.0 Å². The third kappa shape index (κ3) is 3.65. The van der Waals surface area contributed by atoms with Crippen molar-refractivity contribution in [2.24, 2.45) is 5.92 Å². The molecule has 0 radical (unpaired) electrons. The summed E-state index contributed by atoms with van der Waals surface area (Å²) >= 11 is 0. The smallest absolute Gasteiger partial charge is 0.242 e. The number of benzene rings is 1. The van der Waals surface area contributed by atoms with Gasteiger partial charge in [-0.2, -0.15) is 0 Å². The van der Waals surface area contributed by atoms with Crippen LogP contribution < -0.4 is 0 Å². The van der Waals surface area contributed by atoms with Crippen molar-refractivity contribution in [1.29, 1.82) is 0 Å². The van der Waals surface area contributed by atoms with Gasteiger partial charge in [-0.05, 0) is 13.0 Å². The summed E-state index contributed by atoms with van der Waals surface area (Å²) in [5.74, 6) is -1.04. The lowest BCUT2D eigenvalue weighted by Crippen LogP contribution is -2.53. The van der Waals surface area contributed by atoms with Gasteiger partial charge in [-0.3, -0.25) is 14.4 Å². The van der Waals surface area contributed by atoms with Gasteiger partial charge in [0.15, 0.2) is 0 Å². The van der Waals surface area contributed by atoms with Crippen molar-refractivity contribution in [3.05, 3.63) is 35.6 Å². The zero-order valence-electron chi connectivity index (χ0n) is 14.3. The number of rotatable bonds is 4. The van der Waals surface area contributed by atoms with E-state index in [1.807, 2.05) is 6.92 Å². The summed E-state index contributed by atoms with van der Waals surface area (Å²) in [6.45, 7) is 3.89. The van der Waals surface area contributed by atoms with Gasteiger partial charge in [0.25, 0.3) is 0 Å². The molecule has 3 rings (SSSR count). The SMILES string of the molecule is CCN1C[C@H](C(=O)N2CCN(Cc3ccccc3F)C(=O)C2)CC1=O. The fourth-order valence-corrected chi connectivity index (χ4v) is 3.40. The zero-order chi connectivity index (χ0) is 18.0. The number of amides is 3. The number of carbonyl (C=O) groups excluding carboxylic acids is 3. The number of hydrogen-bond acceptors (Lipinski definition) is 3. The summed E-state index contributed by atoms with van der Waals surface area (Å²) in [4.78, 5) is 41.5. The first kappa shape index (κ1) is 17.4. The fraction of sp³-hybridized carbons (Fsp3) is 0.500. The minimum Gasteiger partial charge on any atom is -0.342 e. The Morgan fingerprint density at radius 2 is 1.92 bits per heavy atom. The maximum atomic E-state index is 13.7. The molecule has 6 nitrogen and oxygen atoms in total. The zero-order valence-corrected chi connectivity index (χ0v) is 14.3. The van der Waals surface area contributed by atoms with E-state index in [9.17, 15) is 18.8 Å². The second-order valence-corrected chi connectivity index (χ2v) is 6.50. The van der Waals surface area contributed by atoms with Gasteiger partial charge in [-0.25, -0.2) is 4.39 Å². The van der Waals surface area contributed by atoms with Gasteiger partial charge in [0.05, 0.1) is 12.5 Å². The molecule has 2 saturated heterocycles. The maximum Gasteiger partial charge on any atom is 0.242 e. The van der Waals surface area contributed by atoms with Crippen LogP contribution in [0.1, 0.15) is 18.9 Å². The molecule has 0 N–H and O–H groups in total.